The van der Waals surface area contributed by atoms with E-state index in [0.29, 0.717) is 12.1 Å². The highest BCUT2D eigenvalue weighted by atomic mass is 16.2. The second-order valence-electron chi connectivity index (χ2n) is 5.33. The predicted molar refractivity (Wildman–Crippen MR) is 64.2 cm³/mol. The van der Waals surface area contributed by atoms with Gasteiger partial charge in [0.2, 0.25) is 5.91 Å². The second kappa shape index (κ2) is 5.15. The van der Waals surface area contributed by atoms with E-state index in [0.717, 1.165) is 38.9 Å². The van der Waals surface area contributed by atoms with Gasteiger partial charge in [0, 0.05) is 18.6 Å². The lowest BCUT2D eigenvalue weighted by molar-refractivity contribution is -0.125. The number of hydrogen-bond donors (Lipinski definition) is 2. The van der Waals surface area contributed by atoms with Gasteiger partial charge in [0.15, 0.2) is 0 Å². The molecule has 0 aromatic carbocycles. The minimum atomic E-state index is 0.218. The van der Waals surface area contributed by atoms with E-state index >= 15 is 0 Å². The highest BCUT2D eigenvalue weighted by molar-refractivity contribution is 5.79. The van der Waals surface area contributed by atoms with E-state index in [1.165, 1.54) is 0 Å². The molecule has 2 aliphatic rings. The van der Waals surface area contributed by atoms with Gasteiger partial charge in [0.1, 0.15) is 0 Å². The zero-order chi connectivity index (χ0) is 11.5. The van der Waals surface area contributed by atoms with Crippen LogP contribution in [-0.2, 0) is 4.79 Å². The van der Waals surface area contributed by atoms with Gasteiger partial charge in [0.05, 0.1) is 5.92 Å². The summed E-state index contributed by atoms with van der Waals surface area (Å²) in [6.07, 6.45) is 3.15. The van der Waals surface area contributed by atoms with Crippen LogP contribution in [0.3, 0.4) is 0 Å². The highest BCUT2D eigenvalue weighted by Gasteiger charge is 2.28. The zero-order valence-corrected chi connectivity index (χ0v) is 10.3. The molecule has 16 heavy (non-hydrogen) atoms. The van der Waals surface area contributed by atoms with Crippen LogP contribution in [0.1, 0.15) is 26.2 Å². The zero-order valence-electron chi connectivity index (χ0n) is 10.3. The SMILES string of the molecule is CC1CC(NC(=O)C2CCN(C)C2)CCN1. The molecule has 3 atom stereocenters. The Balaban J connectivity index is 1.78. The Bertz CT molecular complexity index is 257. The van der Waals surface area contributed by atoms with Crippen LogP contribution >= 0.6 is 0 Å². The number of amides is 1. The van der Waals surface area contributed by atoms with Gasteiger partial charge in [-0.05, 0) is 46.3 Å². The second-order valence-corrected chi connectivity index (χ2v) is 5.33. The molecule has 2 aliphatic heterocycles. The maximum atomic E-state index is 12.0. The summed E-state index contributed by atoms with van der Waals surface area (Å²) < 4.78 is 0. The van der Waals surface area contributed by atoms with Gasteiger partial charge in [0.25, 0.3) is 0 Å². The predicted octanol–water partition coefficient (Wildman–Crippen LogP) is 0.195. The molecular formula is C12H23N3O. The monoisotopic (exact) mass is 225 g/mol. The lowest BCUT2D eigenvalue weighted by atomic mass is 9.99. The summed E-state index contributed by atoms with van der Waals surface area (Å²) in [5, 5.41) is 6.61. The molecule has 4 nitrogen and oxygen atoms in total. The first-order chi connectivity index (χ1) is 7.65. The fraction of sp³-hybridized carbons (Fsp3) is 0.917. The quantitative estimate of drug-likeness (QED) is 0.705. The summed E-state index contributed by atoms with van der Waals surface area (Å²) in [6.45, 7) is 5.19. The van der Waals surface area contributed by atoms with Gasteiger partial charge >= 0.3 is 0 Å². The van der Waals surface area contributed by atoms with Crippen molar-refractivity contribution in [1.29, 1.82) is 0 Å². The molecule has 0 aromatic heterocycles. The molecule has 2 fully saturated rings. The summed E-state index contributed by atoms with van der Waals surface area (Å²) in [4.78, 5) is 14.2. The number of carbonyl (C=O) groups is 1. The van der Waals surface area contributed by atoms with Crippen LogP contribution in [0.4, 0.5) is 0 Å². The third-order valence-corrected chi connectivity index (χ3v) is 3.73. The first-order valence-corrected chi connectivity index (χ1v) is 6.37. The van der Waals surface area contributed by atoms with Crippen molar-refractivity contribution < 1.29 is 4.79 Å². The number of carbonyl (C=O) groups excluding carboxylic acids is 1. The first kappa shape index (κ1) is 11.9. The molecule has 4 heteroatoms. The fourth-order valence-electron chi connectivity index (χ4n) is 2.73. The molecule has 0 bridgehead atoms. The number of nitrogens with zero attached hydrogens (tertiary/aromatic N) is 1. The van der Waals surface area contributed by atoms with Gasteiger partial charge in [-0.15, -0.1) is 0 Å². The molecule has 0 aliphatic carbocycles. The van der Waals surface area contributed by atoms with E-state index in [2.05, 4.69) is 29.5 Å². The molecule has 0 saturated carbocycles. The van der Waals surface area contributed by atoms with E-state index in [1.54, 1.807) is 0 Å². The smallest absolute Gasteiger partial charge is 0.224 e. The summed E-state index contributed by atoms with van der Waals surface area (Å²) in [5.74, 6) is 0.485. The molecular weight excluding hydrogens is 202 g/mol. The van der Waals surface area contributed by atoms with E-state index in [1.807, 2.05) is 0 Å². The summed E-state index contributed by atoms with van der Waals surface area (Å²) >= 11 is 0. The lowest BCUT2D eigenvalue weighted by Gasteiger charge is -2.29. The van der Waals surface area contributed by atoms with Crippen molar-refractivity contribution in [2.75, 3.05) is 26.7 Å². The van der Waals surface area contributed by atoms with Crippen LogP contribution in [-0.4, -0.2) is 49.6 Å². The average molecular weight is 225 g/mol. The Morgan fingerprint density at radius 1 is 1.44 bits per heavy atom. The van der Waals surface area contributed by atoms with E-state index in [-0.39, 0.29) is 11.8 Å². The molecule has 92 valence electrons. The van der Waals surface area contributed by atoms with Gasteiger partial charge < -0.3 is 15.5 Å². The van der Waals surface area contributed by atoms with Crippen molar-refractivity contribution in [3.63, 3.8) is 0 Å². The maximum absolute atomic E-state index is 12.0. The van der Waals surface area contributed by atoms with E-state index < -0.39 is 0 Å². The van der Waals surface area contributed by atoms with Crippen molar-refractivity contribution >= 4 is 5.91 Å². The van der Waals surface area contributed by atoms with Crippen molar-refractivity contribution in [2.45, 2.75) is 38.3 Å². The van der Waals surface area contributed by atoms with Crippen LogP contribution in [0.2, 0.25) is 0 Å². The number of rotatable bonds is 2. The van der Waals surface area contributed by atoms with Crippen molar-refractivity contribution in [1.82, 2.24) is 15.5 Å². The normalized spacial score (nSPS) is 36.2. The Kier molecular flexibility index (Phi) is 3.82. The number of hydrogen-bond acceptors (Lipinski definition) is 3. The van der Waals surface area contributed by atoms with Gasteiger partial charge in [-0.25, -0.2) is 0 Å². The summed E-state index contributed by atoms with van der Waals surface area (Å²) in [7, 11) is 2.08. The maximum Gasteiger partial charge on any atom is 0.224 e. The third kappa shape index (κ3) is 2.95. The molecule has 1 amide bonds. The van der Waals surface area contributed by atoms with Crippen LogP contribution in [0.5, 0.6) is 0 Å². The lowest BCUT2D eigenvalue weighted by Crippen LogP contribution is -2.48. The Hall–Kier alpha value is -0.610. The fourth-order valence-corrected chi connectivity index (χ4v) is 2.73. The molecule has 2 heterocycles. The Labute approximate surface area is 97.8 Å². The van der Waals surface area contributed by atoms with Crippen LogP contribution in [0.15, 0.2) is 0 Å². The highest BCUT2D eigenvalue weighted by Crippen LogP contribution is 2.16. The standard InChI is InChI=1S/C12H23N3O/c1-9-7-11(3-5-13-9)14-12(16)10-4-6-15(2)8-10/h9-11,13H,3-8H2,1-2H3,(H,14,16). The van der Waals surface area contributed by atoms with E-state index in [9.17, 15) is 4.79 Å². The molecule has 2 rings (SSSR count). The molecule has 3 unspecified atom stereocenters. The summed E-state index contributed by atoms with van der Waals surface area (Å²) in [5.41, 5.74) is 0. The molecule has 0 spiro atoms. The average Bonchev–Trinajstić information content (AvgIpc) is 2.65. The van der Waals surface area contributed by atoms with Crippen LogP contribution in [0, 0.1) is 5.92 Å². The molecule has 0 aromatic rings. The largest absolute Gasteiger partial charge is 0.353 e. The van der Waals surface area contributed by atoms with Gasteiger partial charge in [-0.2, -0.15) is 0 Å². The van der Waals surface area contributed by atoms with Crippen LogP contribution < -0.4 is 10.6 Å². The minimum absolute atomic E-state index is 0.218. The molecule has 0 radical (unpaired) electrons. The number of piperidine rings is 1. The van der Waals surface area contributed by atoms with Crippen molar-refractivity contribution in [3.8, 4) is 0 Å². The van der Waals surface area contributed by atoms with Crippen LogP contribution in [0.25, 0.3) is 0 Å². The molecule has 2 saturated heterocycles. The Morgan fingerprint density at radius 2 is 2.25 bits per heavy atom. The van der Waals surface area contributed by atoms with E-state index in [4.69, 9.17) is 0 Å². The summed E-state index contributed by atoms with van der Waals surface area (Å²) in [6, 6.07) is 0.917. The van der Waals surface area contributed by atoms with Gasteiger partial charge in [-0.3, -0.25) is 4.79 Å². The number of likely N-dealkylation sites (tertiary alicyclic amines) is 1. The minimum Gasteiger partial charge on any atom is -0.353 e. The van der Waals surface area contributed by atoms with Crippen molar-refractivity contribution in [3.05, 3.63) is 0 Å². The first-order valence-electron chi connectivity index (χ1n) is 6.37. The third-order valence-electron chi connectivity index (χ3n) is 3.73. The molecule has 2 N–H and O–H groups in total. The van der Waals surface area contributed by atoms with Gasteiger partial charge in [-0.1, -0.05) is 0 Å². The Morgan fingerprint density at radius 3 is 2.88 bits per heavy atom. The number of nitrogens with one attached hydrogen (secondary N) is 2. The topological polar surface area (TPSA) is 44.4 Å². The van der Waals surface area contributed by atoms with Crippen molar-refractivity contribution in [2.24, 2.45) is 5.92 Å².